The van der Waals surface area contributed by atoms with E-state index < -0.39 is 0 Å². The molecule has 0 aliphatic rings. The molecule has 3 aromatic rings. The Labute approximate surface area is 115 Å². The monoisotopic (exact) mass is 265 g/mol. The average molecular weight is 265 g/mol. The summed E-state index contributed by atoms with van der Waals surface area (Å²) in [5.41, 5.74) is 8.52. The molecule has 0 fully saturated rings. The molecule has 0 atom stereocenters. The second-order valence-electron chi connectivity index (χ2n) is 4.16. The predicted molar refractivity (Wildman–Crippen MR) is 74.1 cm³/mol. The van der Waals surface area contributed by atoms with Gasteiger partial charge in [0.15, 0.2) is 5.65 Å². The van der Waals surface area contributed by atoms with Crippen LogP contribution in [0.4, 0.5) is 5.82 Å². The number of ether oxygens (including phenoxy) is 1. The van der Waals surface area contributed by atoms with E-state index in [2.05, 4.69) is 10.1 Å². The molecule has 6 heteroatoms. The summed E-state index contributed by atoms with van der Waals surface area (Å²) in [6, 6.07) is 9.55. The first-order chi connectivity index (χ1) is 9.76. The van der Waals surface area contributed by atoms with Crippen LogP contribution >= 0.6 is 0 Å². The van der Waals surface area contributed by atoms with Gasteiger partial charge in [0, 0.05) is 17.3 Å². The van der Waals surface area contributed by atoms with E-state index in [9.17, 15) is 0 Å². The molecule has 0 unspecified atom stereocenters. The van der Waals surface area contributed by atoms with Crippen LogP contribution in [0.2, 0.25) is 0 Å². The van der Waals surface area contributed by atoms with Crippen molar-refractivity contribution in [2.75, 3.05) is 12.8 Å². The minimum atomic E-state index is 0.392. The molecular formula is C14H11N5O. The van der Waals surface area contributed by atoms with Crippen molar-refractivity contribution in [2.24, 2.45) is 0 Å². The summed E-state index contributed by atoms with van der Waals surface area (Å²) < 4.78 is 6.79. The molecule has 0 bridgehead atoms. The Bertz CT molecular complexity index is 831. The lowest BCUT2D eigenvalue weighted by molar-refractivity contribution is 0.416. The number of methoxy groups -OCH3 is 1. The van der Waals surface area contributed by atoms with Gasteiger partial charge in [0.2, 0.25) is 0 Å². The molecule has 0 amide bonds. The van der Waals surface area contributed by atoms with Crippen molar-refractivity contribution >= 4 is 11.5 Å². The Morgan fingerprint density at radius 1 is 1.25 bits per heavy atom. The zero-order valence-corrected chi connectivity index (χ0v) is 10.7. The fourth-order valence-electron chi connectivity index (χ4n) is 2.10. The fourth-order valence-corrected chi connectivity index (χ4v) is 2.10. The molecule has 6 nitrogen and oxygen atoms in total. The molecule has 0 saturated carbocycles. The maximum atomic E-state index is 8.98. The number of para-hydroxylation sites is 1. The average Bonchev–Trinajstić information content (AvgIpc) is 2.91. The van der Waals surface area contributed by atoms with Crippen molar-refractivity contribution < 1.29 is 4.74 Å². The van der Waals surface area contributed by atoms with Crippen molar-refractivity contribution in [3.8, 4) is 22.9 Å². The highest BCUT2D eigenvalue weighted by molar-refractivity contribution is 5.79. The van der Waals surface area contributed by atoms with E-state index in [-0.39, 0.29) is 0 Å². The van der Waals surface area contributed by atoms with Crippen LogP contribution in [0.3, 0.4) is 0 Å². The van der Waals surface area contributed by atoms with Gasteiger partial charge in [-0.15, -0.1) is 0 Å². The third-order valence-corrected chi connectivity index (χ3v) is 3.08. The molecule has 2 heterocycles. The molecule has 0 spiro atoms. The van der Waals surface area contributed by atoms with E-state index in [1.54, 1.807) is 13.3 Å². The van der Waals surface area contributed by atoms with Crippen molar-refractivity contribution in [3.63, 3.8) is 0 Å². The van der Waals surface area contributed by atoms with Crippen molar-refractivity contribution in [3.05, 3.63) is 42.2 Å². The number of rotatable bonds is 2. The largest absolute Gasteiger partial charge is 0.496 e. The molecule has 98 valence electrons. The third-order valence-electron chi connectivity index (χ3n) is 3.08. The second kappa shape index (κ2) is 4.55. The fraction of sp³-hybridized carbons (Fsp3) is 0.0714. The molecule has 1 aromatic carbocycles. The van der Waals surface area contributed by atoms with E-state index in [0.29, 0.717) is 28.3 Å². The van der Waals surface area contributed by atoms with Gasteiger partial charge < -0.3 is 10.5 Å². The molecular weight excluding hydrogens is 254 g/mol. The molecule has 0 aliphatic heterocycles. The molecule has 0 radical (unpaired) electrons. The summed E-state index contributed by atoms with van der Waals surface area (Å²) in [4.78, 5) is 4.27. The Morgan fingerprint density at radius 2 is 2.05 bits per heavy atom. The number of nitrogen functional groups attached to an aromatic ring is 1. The first kappa shape index (κ1) is 12.0. The van der Waals surface area contributed by atoms with E-state index in [4.69, 9.17) is 15.7 Å². The Hall–Kier alpha value is -3.07. The lowest BCUT2D eigenvalue weighted by atomic mass is 10.1. The standard InChI is InChI=1S/C14H11N5O/c1-20-12-5-3-2-4-10(12)11-8-17-14-9(6-15)7-18-19(14)13(11)16/h2-5,7-8H,16H2,1H3. The zero-order chi connectivity index (χ0) is 14.1. The quantitative estimate of drug-likeness (QED) is 0.763. The topological polar surface area (TPSA) is 89.2 Å². The maximum Gasteiger partial charge on any atom is 0.175 e. The summed E-state index contributed by atoms with van der Waals surface area (Å²) in [5, 5.41) is 13.1. The maximum absolute atomic E-state index is 8.98. The van der Waals surface area contributed by atoms with Crippen molar-refractivity contribution in [1.29, 1.82) is 5.26 Å². The van der Waals surface area contributed by atoms with E-state index >= 15 is 0 Å². The summed E-state index contributed by atoms with van der Waals surface area (Å²) in [6.45, 7) is 0. The zero-order valence-electron chi connectivity index (χ0n) is 10.7. The normalized spacial score (nSPS) is 10.4. The minimum Gasteiger partial charge on any atom is -0.496 e. The Balaban J connectivity index is 2.28. The predicted octanol–water partition coefficient (Wildman–Crippen LogP) is 1.86. The van der Waals surface area contributed by atoms with Crippen LogP contribution in [0.25, 0.3) is 16.8 Å². The van der Waals surface area contributed by atoms with E-state index in [0.717, 1.165) is 5.56 Å². The van der Waals surface area contributed by atoms with Gasteiger partial charge in [0.1, 0.15) is 23.2 Å². The molecule has 2 aromatic heterocycles. The second-order valence-corrected chi connectivity index (χ2v) is 4.16. The number of anilines is 1. The van der Waals surface area contributed by atoms with Gasteiger partial charge in [-0.2, -0.15) is 14.9 Å². The van der Waals surface area contributed by atoms with Crippen LogP contribution < -0.4 is 10.5 Å². The number of nitrogens with two attached hydrogens (primary N) is 1. The molecule has 0 saturated heterocycles. The highest BCUT2D eigenvalue weighted by atomic mass is 16.5. The van der Waals surface area contributed by atoms with Gasteiger partial charge in [-0.1, -0.05) is 18.2 Å². The lowest BCUT2D eigenvalue weighted by Gasteiger charge is -2.10. The van der Waals surface area contributed by atoms with Crippen LogP contribution in [0.1, 0.15) is 5.56 Å². The molecule has 0 aliphatic carbocycles. The number of fused-ring (bicyclic) bond motifs is 1. The number of nitrogens with zero attached hydrogens (tertiary/aromatic N) is 4. The number of hydrogen-bond donors (Lipinski definition) is 1. The lowest BCUT2D eigenvalue weighted by Crippen LogP contribution is -2.03. The Kier molecular flexibility index (Phi) is 2.73. The molecule has 20 heavy (non-hydrogen) atoms. The van der Waals surface area contributed by atoms with Crippen molar-refractivity contribution in [2.45, 2.75) is 0 Å². The van der Waals surface area contributed by atoms with Gasteiger partial charge in [-0.3, -0.25) is 0 Å². The van der Waals surface area contributed by atoms with Gasteiger partial charge in [-0.25, -0.2) is 4.98 Å². The van der Waals surface area contributed by atoms with Crippen LogP contribution in [-0.2, 0) is 0 Å². The third kappa shape index (κ3) is 1.65. The van der Waals surface area contributed by atoms with E-state index in [1.165, 1.54) is 10.7 Å². The number of nitriles is 1. The van der Waals surface area contributed by atoms with Gasteiger partial charge >= 0.3 is 0 Å². The van der Waals surface area contributed by atoms with Gasteiger partial charge in [0.25, 0.3) is 0 Å². The number of aromatic nitrogens is 3. The molecule has 2 N–H and O–H groups in total. The summed E-state index contributed by atoms with van der Waals surface area (Å²) in [5.74, 6) is 1.12. The highest BCUT2D eigenvalue weighted by Crippen LogP contribution is 2.33. The Morgan fingerprint density at radius 3 is 2.80 bits per heavy atom. The highest BCUT2D eigenvalue weighted by Gasteiger charge is 2.14. The SMILES string of the molecule is COc1ccccc1-c1cnc2c(C#N)cnn2c1N. The first-order valence-corrected chi connectivity index (χ1v) is 5.92. The summed E-state index contributed by atoms with van der Waals surface area (Å²) >= 11 is 0. The first-order valence-electron chi connectivity index (χ1n) is 5.92. The smallest absolute Gasteiger partial charge is 0.175 e. The summed E-state index contributed by atoms with van der Waals surface area (Å²) in [7, 11) is 1.60. The summed E-state index contributed by atoms with van der Waals surface area (Å²) in [6.07, 6.45) is 3.08. The number of benzene rings is 1. The van der Waals surface area contributed by atoms with Gasteiger partial charge in [-0.05, 0) is 6.07 Å². The minimum absolute atomic E-state index is 0.392. The number of hydrogen-bond acceptors (Lipinski definition) is 5. The van der Waals surface area contributed by atoms with Gasteiger partial charge in [0.05, 0.1) is 13.3 Å². The van der Waals surface area contributed by atoms with E-state index in [1.807, 2.05) is 30.3 Å². The van der Waals surface area contributed by atoms with Crippen LogP contribution in [-0.4, -0.2) is 21.7 Å². The van der Waals surface area contributed by atoms with Crippen LogP contribution in [0.15, 0.2) is 36.7 Å². The molecule has 3 rings (SSSR count). The van der Waals surface area contributed by atoms with Crippen LogP contribution in [0, 0.1) is 11.3 Å². The van der Waals surface area contributed by atoms with Crippen molar-refractivity contribution in [1.82, 2.24) is 14.6 Å². The van der Waals surface area contributed by atoms with Crippen LogP contribution in [0.5, 0.6) is 5.75 Å².